The van der Waals surface area contributed by atoms with E-state index in [9.17, 15) is 22.4 Å². The van der Waals surface area contributed by atoms with Gasteiger partial charge < -0.3 is 10.2 Å². The maximum Gasteiger partial charge on any atom is 0.242 e. The van der Waals surface area contributed by atoms with E-state index in [4.69, 9.17) is 23.2 Å². The molecule has 2 aromatic carbocycles. The van der Waals surface area contributed by atoms with Crippen molar-refractivity contribution in [3.05, 3.63) is 63.9 Å². The summed E-state index contributed by atoms with van der Waals surface area (Å²) in [5.41, 5.74) is 0.834. The summed E-state index contributed by atoms with van der Waals surface area (Å²) in [7, 11) is -3.67. The molecule has 7 nitrogen and oxygen atoms in total. The maximum atomic E-state index is 13.5. The molecule has 1 N–H and O–H groups in total. The zero-order chi connectivity index (χ0) is 27.6. The first-order valence-electron chi connectivity index (χ1n) is 12.2. The Bertz CT molecular complexity index is 1140. The second kappa shape index (κ2) is 14.5. The normalized spacial score (nSPS) is 12.2. The Labute approximate surface area is 229 Å². The number of rotatable bonds is 14. The molecule has 0 aliphatic carbocycles. The third-order valence-corrected chi connectivity index (χ3v) is 7.77. The van der Waals surface area contributed by atoms with Crippen LogP contribution in [0.5, 0.6) is 0 Å². The van der Waals surface area contributed by atoms with Gasteiger partial charge in [-0.1, -0.05) is 49.5 Å². The lowest BCUT2D eigenvalue weighted by Crippen LogP contribution is -2.49. The van der Waals surface area contributed by atoms with Crippen molar-refractivity contribution < 1.29 is 22.4 Å². The smallest absolute Gasteiger partial charge is 0.242 e. The van der Waals surface area contributed by atoms with Gasteiger partial charge in [-0.25, -0.2) is 12.8 Å². The van der Waals surface area contributed by atoms with Crippen molar-refractivity contribution in [2.75, 3.05) is 23.7 Å². The molecule has 1 unspecified atom stereocenters. The summed E-state index contributed by atoms with van der Waals surface area (Å²) in [6, 6.07) is 9.38. The van der Waals surface area contributed by atoms with Crippen LogP contribution in [0.3, 0.4) is 0 Å². The quantitative estimate of drug-likeness (QED) is 0.306. The van der Waals surface area contributed by atoms with E-state index >= 15 is 0 Å². The van der Waals surface area contributed by atoms with Gasteiger partial charge in [-0.3, -0.25) is 13.9 Å². The van der Waals surface area contributed by atoms with Crippen LogP contribution in [-0.2, 0) is 26.2 Å². The van der Waals surface area contributed by atoms with Gasteiger partial charge in [0.05, 0.1) is 11.9 Å². The van der Waals surface area contributed by atoms with E-state index in [1.165, 1.54) is 29.2 Å². The van der Waals surface area contributed by atoms with Crippen LogP contribution in [0.25, 0.3) is 0 Å². The number of nitrogens with zero attached hydrogens (tertiary/aromatic N) is 2. The highest BCUT2D eigenvalue weighted by Gasteiger charge is 2.29. The van der Waals surface area contributed by atoms with Crippen molar-refractivity contribution in [1.29, 1.82) is 0 Å². The lowest BCUT2D eigenvalue weighted by Gasteiger charge is -2.31. The number of unbranched alkanes of at least 4 members (excludes halogenated alkanes) is 1. The fraction of sp³-hybridized carbons (Fsp3) is 0.462. The molecular formula is C26H34Cl2FN3O4S. The number of carbonyl (C=O) groups is 2. The van der Waals surface area contributed by atoms with Crippen molar-refractivity contribution in [3.63, 3.8) is 0 Å². The van der Waals surface area contributed by atoms with Crippen LogP contribution in [0, 0.1) is 5.82 Å². The number of nitrogens with one attached hydrogen (secondary N) is 1. The third kappa shape index (κ3) is 9.16. The van der Waals surface area contributed by atoms with Gasteiger partial charge >= 0.3 is 0 Å². The minimum atomic E-state index is -3.67. The predicted molar refractivity (Wildman–Crippen MR) is 147 cm³/mol. The number of amides is 2. The Hall–Kier alpha value is -2.36. The van der Waals surface area contributed by atoms with Crippen molar-refractivity contribution in [1.82, 2.24) is 10.2 Å². The molecule has 2 amide bonds. The molecule has 2 rings (SSSR count). The molecule has 0 heterocycles. The number of benzene rings is 2. The number of anilines is 1. The molecule has 1 atom stereocenters. The first kappa shape index (κ1) is 30.9. The average Bonchev–Trinajstić information content (AvgIpc) is 2.83. The highest BCUT2D eigenvalue weighted by molar-refractivity contribution is 7.92. The summed E-state index contributed by atoms with van der Waals surface area (Å²) in [6.07, 6.45) is 3.32. The maximum absolute atomic E-state index is 13.5. The van der Waals surface area contributed by atoms with Gasteiger partial charge in [0, 0.05) is 41.7 Å². The minimum absolute atomic E-state index is 0.0103. The molecule has 37 heavy (non-hydrogen) atoms. The summed E-state index contributed by atoms with van der Waals surface area (Å²) >= 11 is 12.7. The Morgan fingerprint density at radius 2 is 1.65 bits per heavy atom. The molecule has 204 valence electrons. The standard InChI is InChI=1S/C26H34Cl2FN3O4S/c1-4-6-16-30-26(34)24(5-2)31(18-21-22(27)9-7-10-23(21)28)25(33)11-8-17-32(37(3,35)36)20-14-12-19(29)13-15-20/h7,9-10,12-15,24H,4-6,8,11,16-18H2,1-3H3,(H,30,34). The molecule has 2 aromatic rings. The topological polar surface area (TPSA) is 86.8 Å². The molecule has 0 saturated heterocycles. The Morgan fingerprint density at radius 3 is 2.19 bits per heavy atom. The SMILES string of the molecule is CCCCNC(=O)C(CC)N(Cc1c(Cl)cccc1Cl)C(=O)CCCN(c1ccc(F)cc1)S(C)(=O)=O. The van der Waals surface area contributed by atoms with Crippen molar-refractivity contribution in [3.8, 4) is 0 Å². The molecule has 0 saturated carbocycles. The zero-order valence-corrected chi connectivity index (χ0v) is 23.7. The van der Waals surface area contributed by atoms with Gasteiger partial charge in [0.15, 0.2) is 0 Å². The summed E-state index contributed by atoms with van der Waals surface area (Å²) < 4.78 is 39.2. The monoisotopic (exact) mass is 573 g/mol. The van der Waals surface area contributed by atoms with E-state index in [1.54, 1.807) is 18.2 Å². The molecule has 0 fully saturated rings. The summed E-state index contributed by atoms with van der Waals surface area (Å²) in [5, 5.41) is 3.65. The van der Waals surface area contributed by atoms with Crippen LogP contribution in [0.1, 0.15) is 51.5 Å². The van der Waals surface area contributed by atoms with E-state index < -0.39 is 21.9 Å². The van der Waals surface area contributed by atoms with Gasteiger partial charge in [0.1, 0.15) is 11.9 Å². The molecular weight excluding hydrogens is 540 g/mol. The largest absolute Gasteiger partial charge is 0.354 e. The molecule has 0 aliphatic heterocycles. The number of halogens is 3. The zero-order valence-electron chi connectivity index (χ0n) is 21.3. The lowest BCUT2D eigenvalue weighted by atomic mass is 10.1. The number of carbonyl (C=O) groups excluding carboxylic acids is 2. The Morgan fingerprint density at radius 1 is 1.03 bits per heavy atom. The van der Waals surface area contributed by atoms with E-state index in [1.807, 2.05) is 13.8 Å². The second-order valence-corrected chi connectivity index (χ2v) is 11.4. The van der Waals surface area contributed by atoms with E-state index in [-0.39, 0.29) is 37.7 Å². The first-order chi connectivity index (χ1) is 17.5. The molecule has 0 aliphatic rings. The van der Waals surface area contributed by atoms with Crippen LogP contribution >= 0.6 is 23.2 Å². The highest BCUT2D eigenvalue weighted by atomic mass is 35.5. The molecule has 0 bridgehead atoms. The predicted octanol–water partition coefficient (Wildman–Crippen LogP) is 5.40. The number of hydrogen-bond donors (Lipinski definition) is 1. The van der Waals surface area contributed by atoms with Gasteiger partial charge in [-0.15, -0.1) is 0 Å². The van der Waals surface area contributed by atoms with Crippen LogP contribution < -0.4 is 9.62 Å². The molecule has 0 radical (unpaired) electrons. The fourth-order valence-corrected chi connectivity index (χ4v) is 5.37. The van der Waals surface area contributed by atoms with Crippen LogP contribution in [-0.4, -0.2) is 50.5 Å². The van der Waals surface area contributed by atoms with Crippen LogP contribution in [0.15, 0.2) is 42.5 Å². The van der Waals surface area contributed by atoms with Crippen LogP contribution in [0.2, 0.25) is 10.0 Å². The molecule has 0 aromatic heterocycles. The molecule has 11 heteroatoms. The third-order valence-electron chi connectivity index (χ3n) is 5.87. The van der Waals surface area contributed by atoms with Crippen LogP contribution in [0.4, 0.5) is 10.1 Å². The average molecular weight is 575 g/mol. The van der Waals surface area contributed by atoms with Gasteiger partial charge in [0.2, 0.25) is 21.8 Å². The first-order valence-corrected chi connectivity index (χ1v) is 14.8. The Balaban J connectivity index is 2.24. The van der Waals surface area contributed by atoms with Crippen molar-refractivity contribution in [2.24, 2.45) is 0 Å². The number of hydrogen-bond acceptors (Lipinski definition) is 4. The number of sulfonamides is 1. The van der Waals surface area contributed by atoms with Gasteiger partial charge in [-0.2, -0.15) is 0 Å². The second-order valence-electron chi connectivity index (χ2n) is 8.71. The van der Waals surface area contributed by atoms with Crippen molar-refractivity contribution in [2.45, 2.75) is 58.5 Å². The van der Waals surface area contributed by atoms with E-state index in [0.29, 0.717) is 34.3 Å². The lowest BCUT2D eigenvalue weighted by molar-refractivity contribution is -0.141. The summed E-state index contributed by atoms with van der Waals surface area (Å²) in [5.74, 6) is -1.08. The van der Waals surface area contributed by atoms with E-state index in [0.717, 1.165) is 23.4 Å². The van der Waals surface area contributed by atoms with Gasteiger partial charge in [0.25, 0.3) is 0 Å². The summed E-state index contributed by atoms with van der Waals surface area (Å²) in [4.78, 5) is 27.9. The van der Waals surface area contributed by atoms with Gasteiger partial charge in [-0.05, 0) is 55.7 Å². The summed E-state index contributed by atoms with van der Waals surface area (Å²) in [6.45, 7) is 4.38. The fourth-order valence-electron chi connectivity index (χ4n) is 3.89. The van der Waals surface area contributed by atoms with Crippen molar-refractivity contribution >= 4 is 50.7 Å². The minimum Gasteiger partial charge on any atom is -0.354 e. The highest BCUT2D eigenvalue weighted by Crippen LogP contribution is 2.27. The molecule has 0 spiro atoms. The Kier molecular flexibility index (Phi) is 12.1. The van der Waals surface area contributed by atoms with E-state index in [2.05, 4.69) is 5.32 Å².